The summed E-state index contributed by atoms with van der Waals surface area (Å²) in [6.07, 6.45) is 0. The minimum atomic E-state index is -1.33. The number of phenols is 16. The maximum Gasteiger partial charge on any atom is 0.208 e. The van der Waals surface area contributed by atoms with Crippen molar-refractivity contribution in [2.75, 3.05) is 0 Å². The molecule has 0 aliphatic rings. The molecule has 0 saturated carbocycles. The van der Waals surface area contributed by atoms with Gasteiger partial charge in [0, 0.05) is 11.1 Å². The summed E-state index contributed by atoms with van der Waals surface area (Å²) in [6, 6.07) is 3.39. The summed E-state index contributed by atoms with van der Waals surface area (Å²) >= 11 is 0. The molecule has 250 valence electrons. The molecule has 0 fully saturated rings. The Kier molecular flexibility index (Phi) is 5.83. The van der Waals surface area contributed by atoms with Crippen molar-refractivity contribution in [2.24, 2.45) is 0 Å². The number of hydrogen-bond donors (Lipinski definition) is 16. The smallest absolute Gasteiger partial charge is 0.208 e. The van der Waals surface area contributed by atoms with Crippen LogP contribution in [0.25, 0.3) is 65.7 Å². The number of fused-ring (bicyclic) bond motifs is 5. The van der Waals surface area contributed by atoms with Gasteiger partial charge in [0.15, 0.2) is 62.9 Å². The van der Waals surface area contributed by atoms with E-state index in [1.165, 1.54) is 0 Å². The Hall–Kier alpha value is -7.56. The van der Waals surface area contributed by atoms with Gasteiger partial charge in [0.1, 0.15) is 0 Å². The highest BCUT2D eigenvalue weighted by Crippen LogP contribution is 2.62. The van der Waals surface area contributed by atoms with Crippen LogP contribution < -0.4 is 0 Å². The molecule has 16 N–H and O–H groups in total. The molecule has 0 radical (unpaired) electrons. The summed E-state index contributed by atoms with van der Waals surface area (Å²) in [6.45, 7) is 0. The Labute approximate surface area is 268 Å². The van der Waals surface area contributed by atoms with Crippen LogP contribution in [-0.2, 0) is 0 Å². The van der Waals surface area contributed by atoms with Gasteiger partial charge in [0.2, 0.25) is 40.2 Å². The molecule has 0 unspecified atom stereocenters. The predicted molar refractivity (Wildman–Crippen MR) is 166 cm³/mol. The molecule has 0 bridgehead atoms. The number of aromatic hydroxyl groups is 16. The van der Waals surface area contributed by atoms with E-state index >= 15 is 0 Å². The molecule has 0 aliphatic heterocycles. The third-order valence-corrected chi connectivity index (χ3v) is 8.36. The molecule has 0 saturated heterocycles. The SMILES string of the molecule is Oc1cc2c(-c3c(O)c(O)c(O)c(O)c3O)c3cc(O)c(O)cc3c(-c3c(O)c(O)c(O)c4c3oc3c(O)c(O)c(O)c(O)c34)c2cc1O. The molecular weight excluding hydrogens is 656 g/mol. The van der Waals surface area contributed by atoms with Crippen molar-refractivity contribution in [3.8, 4) is 114 Å². The summed E-state index contributed by atoms with van der Waals surface area (Å²) < 4.78 is 5.70. The monoisotopic (exact) mass is 676 g/mol. The zero-order valence-electron chi connectivity index (χ0n) is 23.9. The van der Waals surface area contributed by atoms with E-state index < -0.39 is 136 Å². The number of phenolic OH excluding ortho intramolecular Hbond substituents is 16. The fourth-order valence-corrected chi connectivity index (χ4v) is 6.10. The molecule has 17 nitrogen and oxygen atoms in total. The summed E-state index contributed by atoms with van der Waals surface area (Å²) in [5, 5.41) is 167. The molecule has 0 aliphatic carbocycles. The predicted octanol–water partition coefficient (Wildman–Crippen LogP) is 4.52. The van der Waals surface area contributed by atoms with Crippen LogP contribution in [0.15, 0.2) is 28.7 Å². The zero-order chi connectivity index (χ0) is 35.7. The average molecular weight is 676 g/mol. The first-order valence-corrected chi connectivity index (χ1v) is 13.5. The minimum Gasteiger partial charge on any atom is -0.504 e. The lowest BCUT2D eigenvalue weighted by atomic mass is 9.84. The van der Waals surface area contributed by atoms with Crippen LogP contribution in [0.3, 0.4) is 0 Å². The molecular formula is C32H20O17. The van der Waals surface area contributed by atoms with Gasteiger partial charge in [0.05, 0.1) is 21.9 Å². The van der Waals surface area contributed by atoms with Gasteiger partial charge in [-0.05, 0) is 45.8 Å². The van der Waals surface area contributed by atoms with E-state index in [9.17, 15) is 81.7 Å². The highest BCUT2D eigenvalue weighted by molar-refractivity contribution is 6.28. The van der Waals surface area contributed by atoms with Crippen molar-refractivity contribution < 1.29 is 86.1 Å². The van der Waals surface area contributed by atoms with E-state index in [1.807, 2.05) is 0 Å². The Morgan fingerprint density at radius 3 is 0.980 bits per heavy atom. The molecule has 17 heteroatoms. The number of benzene rings is 6. The maximum absolute atomic E-state index is 11.4. The highest BCUT2D eigenvalue weighted by Gasteiger charge is 2.34. The van der Waals surface area contributed by atoms with Crippen LogP contribution in [-0.4, -0.2) is 81.7 Å². The summed E-state index contributed by atoms with van der Waals surface area (Å²) in [4.78, 5) is 0. The lowest BCUT2D eigenvalue weighted by Gasteiger charge is -2.21. The largest absolute Gasteiger partial charge is 0.504 e. The molecule has 1 aromatic heterocycles. The summed E-state index contributed by atoms with van der Waals surface area (Å²) in [5.41, 5.74) is -3.78. The van der Waals surface area contributed by atoms with Crippen LogP contribution in [0.2, 0.25) is 0 Å². The van der Waals surface area contributed by atoms with E-state index in [0.29, 0.717) is 0 Å². The van der Waals surface area contributed by atoms with Crippen molar-refractivity contribution in [3.63, 3.8) is 0 Å². The second-order valence-electron chi connectivity index (χ2n) is 11.0. The fraction of sp³-hybridized carbons (Fsp3) is 0. The first-order chi connectivity index (χ1) is 23.0. The average Bonchev–Trinajstić information content (AvgIpc) is 3.46. The molecule has 6 aromatic carbocycles. The normalized spacial score (nSPS) is 11.8. The molecule has 0 spiro atoms. The molecule has 7 rings (SSSR count). The van der Waals surface area contributed by atoms with Crippen molar-refractivity contribution in [3.05, 3.63) is 24.3 Å². The van der Waals surface area contributed by atoms with Crippen molar-refractivity contribution in [1.29, 1.82) is 0 Å². The number of furan rings is 1. The van der Waals surface area contributed by atoms with Gasteiger partial charge in [0.25, 0.3) is 0 Å². The lowest BCUT2D eigenvalue weighted by Crippen LogP contribution is -1.94. The second-order valence-corrected chi connectivity index (χ2v) is 11.0. The first-order valence-electron chi connectivity index (χ1n) is 13.5. The van der Waals surface area contributed by atoms with E-state index in [1.54, 1.807) is 0 Å². The van der Waals surface area contributed by atoms with Crippen molar-refractivity contribution in [1.82, 2.24) is 0 Å². The van der Waals surface area contributed by atoms with Gasteiger partial charge in [-0.15, -0.1) is 0 Å². The third-order valence-electron chi connectivity index (χ3n) is 8.36. The quantitative estimate of drug-likeness (QED) is 0.0679. The van der Waals surface area contributed by atoms with Gasteiger partial charge in [-0.1, -0.05) is 0 Å². The molecule has 7 aromatic rings. The molecule has 49 heavy (non-hydrogen) atoms. The molecule has 0 atom stereocenters. The Bertz CT molecular complexity index is 2570. The minimum absolute atomic E-state index is 0.324. The fourth-order valence-electron chi connectivity index (χ4n) is 6.10. The Morgan fingerprint density at radius 2 is 0.551 bits per heavy atom. The van der Waals surface area contributed by atoms with Crippen LogP contribution in [0, 0.1) is 0 Å². The maximum atomic E-state index is 11.4. The van der Waals surface area contributed by atoms with Gasteiger partial charge < -0.3 is 86.1 Å². The first kappa shape index (κ1) is 30.1. The van der Waals surface area contributed by atoms with Gasteiger partial charge >= 0.3 is 0 Å². The zero-order valence-corrected chi connectivity index (χ0v) is 23.9. The van der Waals surface area contributed by atoms with Crippen molar-refractivity contribution in [2.45, 2.75) is 0 Å². The van der Waals surface area contributed by atoms with Crippen molar-refractivity contribution >= 4 is 43.5 Å². The number of rotatable bonds is 2. The van der Waals surface area contributed by atoms with E-state index in [-0.39, 0.29) is 21.5 Å². The van der Waals surface area contributed by atoms with Crippen LogP contribution >= 0.6 is 0 Å². The Morgan fingerprint density at radius 1 is 0.265 bits per heavy atom. The third kappa shape index (κ3) is 3.62. The Balaban J connectivity index is 1.83. The number of hydrogen-bond acceptors (Lipinski definition) is 17. The van der Waals surface area contributed by atoms with Gasteiger partial charge in [-0.25, -0.2) is 0 Å². The van der Waals surface area contributed by atoms with E-state index in [4.69, 9.17) is 4.42 Å². The van der Waals surface area contributed by atoms with Gasteiger partial charge in [-0.3, -0.25) is 0 Å². The summed E-state index contributed by atoms with van der Waals surface area (Å²) in [5.74, 6) is -18.3. The van der Waals surface area contributed by atoms with Crippen LogP contribution in [0.4, 0.5) is 0 Å². The van der Waals surface area contributed by atoms with E-state index in [0.717, 1.165) is 24.3 Å². The van der Waals surface area contributed by atoms with Crippen LogP contribution in [0.1, 0.15) is 0 Å². The molecule has 0 amide bonds. The van der Waals surface area contributed by atoms with Gasteiger partial charge in [-0.2, -0.15) is 0 Å². The second kappa shape index (κ2) is 9.48. The van der Waals surface area contributed by atoms with E-state index in [2.05, 4.69) is 0 Å². The highest BCUT2D eigenvalue weighted by atomic mass is 16.4. The van der Waals surface area contributed by atoms with Crippen LogP contribution in [0.5, 0.6) is 92.0 Å². The summed E-state index contributed by atoms with van der Waals surface area (Å²) in [7, 11) is 0. The molecule has 1 heterocycles. The lowest BCUT2D eigenvalue weighted by molar-refractivity contribution is 0.330. The topological polar surface area (TPSA) is 337 Å². The standard InChI is InChI=1S/C32H20O17/c33-9-1-5-7(3-11(9)35)14(8-4-12(36)10(34)2-6(8)13(5)15-19(37)25(43)28(46)26(44)20(15)38)16-21(39)24(42)22(40)17-18-23(41)27(45)29(47)30(48)32(18)49-31(16)17/h1-4,33-48H.